The van der Waals surface area contributed by atoms with E-state index in [9.17, 15) is 4.79 Å². The normalized spacial score (nSPS) is 10.6. The Bertz CT molecular complexity index is 693. The Morgan fingerprint density at radius 1 is 0.710 bits per heavy atom. The first-order valence-electron chi connectivity index (χ1n) is 11.2. The molecule has 2 aromatic carbocycles. The SMILES string of the molecule is CC.CC.COc1ccc(C(C)(CCC(=O)OC(C)(C)C)c2ccc(OC)cc2)cc1. The molecule has 2 aromatic rings. The predicted molar refractivity (Wildman–Crippen MR) is 130 cm³/mol. The van der Waals surface area contributed by atoms with Gasteiger partial charge >= 0.3 is 5.97 Å². The molecule has 31 heavy (non-hydrogen) atoms. The number of benzene rings is 2. The third kappa shape index (κ3) is 9.04. The van der Waals surface area contributed by atoms with Crippen LogP contribution in [0.4, 0.5) is 0 Å². The van der Waals surface area contributed by atoms with Crippen molar-refractivity contribution in [1.82, 2.24) is 0 Å². The summed E-state index contributed by atoms with van der Waals surface area (Å²) in [6, 6.07) is 16.0. The van der Waals surface area contributed by atoms with E-state index in [1.807, 2.05) is 72.7 Å². The zero-order valence-corrected chi connectivity index (χ0v) is 21.2. The highest BCUT2D eigenvalue weighted by Gasteiger charge is 2.30. The molecular weight excluding hydrogens is 388 g/mol. The van der Waals surface area contributed by atoms with E-state index in [0.717, 1.165) is 22.6 Å². The fraction of sp³-hybridized carbons (Fsp3) is 0.519. The Morgan fingerprint density at radius 3 is 1.35 bits per heavy atom. The molecule has 0 unspecified atom stereocenters. The van der Waals surface area contributed by atoms with Gasteiger partial charge in [-0.3, -0.25) is 4.79 Å². The number of methoxy groups -OCH3 is 2. The average molecular weight is 431 g/mol. The van der Waals surface area contributed by atoms with Crippen molar-refractivity contribution in [3.8, 4) is 11.5 Å². The maximum atomic E-state index is 12.3. The van der Waals surface area contributed by atoms with Gasteiger partial charge in [0.05, 0.1) is 14.2 Å². The summed E-state index contributed by atoms with van der Waals surface area (Å²) in [5.74, 6) is 1.43. The van der Waals surface area contributed by atoms with E-state index >= 15 is 0 Å². The number of hydrogen-bond donors (Lipinski definition) is 0. The maximum absolute atomic E-state index is 12.3. The molecule has 0 amide bonds. The summed E-state index contributed by atoms with van der Waals surface area (Å²) in [6.07, 6.45) is 0.979. The van der Waals surface area contributed by atoms with Crippen molar-refractivity contribution < 1.29 is 19.0 Å². The van der Waals surface area contributed by atoms with Crippen molar-refractivity contribution in [2.75, 3.05) is 14.2 Å². The number of carbonyl (C=O) groups is 1. The molecule has 0 saturated heterocycles. The number of esters is 1. The van der Waals surface area contributed by atoms with Gasteiger partial charge in [-0.25, -0.2) is 0 Å². The summed E-state index contributed by atoms with van der Waals surface area (Å²) in [5.41, 5.74) is 1.43. The molecule has 0 saturated carbocycles. The average Bonchev–Trinajstić information content (AvgIpc) is 2.79. The second-order valence-electron chi connectivity index (χ2n) is 7.88. The summed E-state index contributed by atoms with van der Waals surface area (Å²) in [5, 5.41) is 0. The molecule has 0 aliphatic rings. The zero-order chi connectivity index (χ0) is 24.1. The van der Waals surface area contributed by atoms with E-state index in [1.54, 1.807) is 14.2 Å². The van der Waals surface area contributed by atoms with Gasteiger partial charge in [-0.05, 0) is 62.6 Å². The van der Waals surface area contributed by atoms with Crippen LogP contribution < -0.4 is 9.47 Å². The lowest BCUT2D eigenvalue weighted by molar-refractivity contribution is -0.155. The fourth-order valence-corrected chi connectivity index (χ4v) is 3.12. The summed E-state index contributed by atoms with van der Waals surface area (Å²) in [4.78, 5) is 12.3. The maximum Gasteiger partial charge on any atom is 0.306 e. The van der Waals surface area contributed by atoms with Gasteiger partial charge in [0.25, 0.3) is 0 Å². The molecule has 0 spiro atoms. The lowest BCUT2D eigenvalue weighted by Gasteiger charge is -2.31. The Balaban J connectivity index is 0.00000212. The number of hydrogen-bond acceptors (Lipinski definition) is 4. The molecule has 2 rings (SSSR count). The van der Waals surface area contributed by atoms with Crippen LogP contribution in [0.15, 0.2) is 48.5 Å². The number of ether oxygens (including phenoxy) is 3. The molecule has 0 N–H and O–H groups in total. The Kier molecular flexibility index (Phi) is 12.6. The van der Waals surface area contributed by atoms with E-state index in [4.69, 9.17) is 14.2 Å². The van der Waals surface area contributed by atoms with Crippen LogP contribution in [0.3, 0.4) is 0 Å². The van der Waals surface area contributed by atoms with Crippen LogP contribution in [0.25, 0.3) is 0 Å². The van der Waals surface area contributed by atoms with Crippen LogP contribution >= 0.6 is 0 Å². The predicted octanol–water partition coefficient (Wildman–Crippen LogP) is 7.18. The summed E-state index contributed by atoms with van der Waals surface area (Å²) < 4.78 is 16.1. The Morgan fingerprint density at radius 2 is 1.06 bits per heavy atom. The van der Waals surface area contributed by atoms with Gasteiger partial charge in [-0.15, -0.1) is 0 Å². The van der Waals surface area contributed by atoms with Crippen LogP contribution in [0.2, 0.25) is 0 Å². The van der Waals surface area contributed by atoms with Crippen molar-refractivity contribution in [2.24, 2.45) is 0 Å². The van der Waals surface area contributed by atoms with Gasteiger partial charge < -0.3 is 14.2 Å². The van der Waals surface area contributed by atoms with E-state index in [-0.39, 0.29) is 11.4 Å². The van der Waals surface area contributed by atoms with Crippen molar-refractivity contribution in [2.45, 2.75) is 79.2 Å². The van der Waals surface area contributed by atoms with Crippen molar-refractivity contribution in [3.63, 3.8) is 0 Å². The first-order chi connectivity index (χ1) is 14.7. The van der Waals surface area contributed by atoms with Crippen LogP contribution in [0, 0.1) is 0 Å². The Labute approximate surface area is 189 Å². The summed E-state index contributed by atoms with van der Waals surface area (Å²) >= 11 is 0. The first kappa shape index (κ1) is 28.5. The highest BCUT2D eigenvalue weighted by molar-refractivity contribution is 5.70. The minimum Gasteiger partial charge on any atom is -0.497 e. The van der Waals surface area contributed by atoms with Gasteiger partial charge in [0.15, 0.2) is 0 Å². The van der Waals surface area contributed by atoms with Crippen LogP contribution in [0.1, 0.15) is 79.4 Å². The van der Waals surface area contributed by atoms with Crippen molar-refractivity contribution >= 4 is 5.97 Å². The number of carbonyl (C=O) groups excluding carboxylic acids is 1. The molecule has 0 aliphatic carbocycles. The second-order valence-corrected chi connectivity index (χ2v) is 7.88. The largest absolute Gasteiger partial charge is 0.497 e. The van der Waals surface area contributed by atoms with Crippen LogP contribution in [0.5, 0.6) is 11.5 Å². The van der Waals surface area contributed by atoms with Crippen molar-refractivity contribution in [3.05, 3.63) is 59.7 Å². The second kappa shape index (κ2) is 13.7. The molecule has 4 heteroatoms. The van der Waals surface area contributed by atoms with Crippen LogP contribution in [-0.4, -0.2) is 25.8 Å². The van der Waals surface area contributed by atoms with Gasteiger partial charge in [0.2, 0.25) is 0 Å². The third-order valence-corrected chi connectivity index (χ3v) is 4.70. The van der Waals surface area contributed by atoms with E-state index in [0.29, 0.717) is 12.8 Å². The smallest absolute Gasteiger partial charge is 0.306 e. The highest BCUT2D eigenvalue weighted by Crippen LogP contribution is 2.38. The molecule has 0 fully saturated rings. The summed E-state index contributed by atoms with van der Waals surface area (Å²) in [6.45, 7) is 15.8. The minimum absolute atomic E-state index is 0.184. The monoisotopic (exact) mass is 430 g/mol. The standard InChI is InChI=1S/C23H30O4.2C2H6/c1-22(2,3)27-21(24)15-16-23(4,17-7-11-19(25-5)12-8-17)18-9-13-20(26-6)14-10-18;2*1-2/h7-14H,15-16H2,1-6H3;2*1-2H3. The lowest BCUT2D eigenvalue weighted by atomic mass is 9.73. The molecule has 0 radical (unpaired) electrons. The molecule has 0 atom stereocenters. The molecular formula is C27H42O4. The minimum atomic E-state index is -0.478. The first-order valence-corrected chi connectivity index (χ1v) is 11.2. The molecule has 0 heterocycles. The fourth-order valence-electron chi connectivity index (χ4n) is 3.12. The van der Waals surface area contributed by atoms with Crippen molar-refractivity contribution in [1.29, 1.82) is 0 Å². The molecule has 0 aliphatic heterocycles. The lowest BCUT2D eigenvalue weighted by Crippen LogP contribution is -2.28. The van der Waals surface area contributed by atoms with Gasteiger partial charge in [0.1, 0.15) is 17.1 Å². The molecule has 174 valence electrons. The van der Waals surface area contributed by atoms with Gasteiger partial charge in [-0.1, -0.05) is 58.9 Å². The van der Waals surface area contributed by atoms with Gasteiger partial charge in [-0.2, -0.15) is 0 Å². The zero-order valence-electron chi connectivity index (χ0n) is 21.2. The van der Waals surface area contributed by atoms with Crippen LogP contribution in [-0.2, 0) is 14.9 Å². The molecule has 4 nitrogen and oxygen atoms in total. The quantitative estimate of drug-likeness (QED) is 0.436. The molecule has 0 aromatic heterocycles. The summed E-state index contributed by atoms with van der Waals surface area (Å²) in [7, 11) is 3.31. The van der Waals surface area contributed by atoms with Gasteiger partial charge in [0, 0.05) is 11.8 Å². The molecule has 0 bridgehead atoms. The Hall–Kier alpha value is -2.49. The highest BCUT2D eigenvalue weighted by atomic mass is 16.6. The topological polar surface area (TPSA) is 44.8 Å². The number of rotatable bonds is 7. The van der Waals surface area contributed by atoms with E-state index in [1.165, 1.54) is 0 Å². The van der Waals surface area contributed by atoms with E-state index in [2.05, 4.69) is 31.2 Å². The van der Waals surface area contributed by atoms with E-state index < -0.39 is 5.60 Å². The third-order valence-electron chi connectivity index (χ3n) is 4.70.